The summed E-state index contributed by atoms with van der Waals surface area (Å²) in [5, 5.41) is 11.5. The third-order valence-electron chi connectivity index (χ3n) is 5.11. The van der Waals surface area contributed by atoms with Crippen LogP contribution in [0, 0.1) is 13.8 Å². The maximum Gasteiger partial charge on any atom is 0.347 e. The molecule has 0 amide bonds. The monoisotopic (exact) mass is 389 g/mol. The summed E-state index contributed by atoms with van der Waals surface area (Å²) < 4.78 is 5.54. The highest BCUT2D eigenvalue weighted by Gasteiger charge is 2.42. The van der Waals surface area contributed by atoms with Crippen LogP contribution in [0.15, 0.2) is 48.5 Å². The number of aryl methyl sites for hydroxylation is 2. The lowest BCUT2D eigenvalue weighted by Crippen LogP contribution is -2.40. The second kappa shape index (κ2) is 9.36. The van der Waals surface area contributed by atoms with Crippen molar-refractivity contribution in [3.8, 4) is 0 Å². The van der Waals surface area contributed by atoms with Crippen molar-refractivity contribution in [2.45, 2.75) is 32.3 Å². The molecule has 1 fully saturated rings. The number of ether oxygens (including phenoxy) is 1. The number of nitrogens with zero attached hydrogens (tertiary/aromatic N) is 1. The molecule has 0 aliphatic carbocycles. The molecule has 146 valence electrons. The number of carbonyl (C=O) groups is 1. The van der Waals surface area contributed by atoms with Gasteiger partial charge in [0.1, 0.15) is 6.61 Å². The van der Waals surface area contributed by atoms with Crippen molar-refractivity contribution in [3.05, 3.63) is 70.8 Å². The van der Waals surface area contributed by atoms with Gasteiger partial charge in [-0.2, -0.15) is 0 Å². The molecule has 0 bridgehead atoms. The van der Waals surface area contributed by atoms with Gasteiger partial charge in [0.25, 0.3) is 0 Å². The molecule has 27 heavy (non-hydrogen) atoms. The molecule has 1 aliphatic heterocycles. The molecule has 2 aromatic carbocycles. The lowest BCUT2D eigenvalue weighted by Gasteiger charge is -2.29. The number of aliphatic hydroxyl groups is 1. The van der Waals surface area contributed by atoms with Gasteiger partial charge >= 0.3 is 5.97 Å². The van der Waals surface area contributed by atoms with E-state index in [1.807, 2.05) is 50.2 Å². The van der Waals surface area contributed by atoms with Gasteiger partial charge in [0, 0.05) is 12.1 Å². The topological polar surface area (TPSA) is 49.8 Å². The zero-order valence-corrected chi connectivity index (χ0v) is 16.8. The Morgan fingerprint density at radius 1 is 1.11 bits per heavy atom. The Hall–Kier alpha value is -1.88. The van der Waals surface area contributed by atoms with E-state index in [1.54, 1.807) is 12.1 Å². The van der Waals surface area contributed by atoms with Crippen LogP contribution < -0.4 is 0 Å². The first-order chi connectivity index (χ1) is 12.5. The largest absolute Gasteiger partial charge is 0.462 e. The molecule has 1 atom stereocenters. The zero-order valence-electron chi connectivity index (χ0n) is 16.0. The molecule has 0 aromatic heterocycles. The van der Waals surface area contributed by atoms with Gasteiger partial charge in [-0.05, 0) is 50.9 Å². The predicted octanol–water partition coefficient (Wildman–Crippen LogP) is 3.60. The molecule has 1 heterocycles. The van der Waals surface area contributed by atoms with E-state index in [2.05, 4.69) is 4.90 Å². The minimum absolute atomic E-state index is 0. The van der Waals surface area contributed by atoms with E-state index < -0.39 is 11.6 Å². The first-order valence-corrected chi connectivity index (χ1v) is 9.27. The lowest BCUT2D eigenvalue weighted by atomic mass is 9.83. The smallest absolute Gasteiger partial charge is 0.347 e. The standard InChI is InChI=1S/C22H27NO3.ClH/c1-17-10-11-18(2)20(16-17)22(25,19-8-4-3-5-9-19)21(24)26-15-14-23-12-6-7-13-23;/h3-5,8-11,16,25H,6-7,12-15H2,1-2H3;1H. The molecule has 2 aromatic rings. The highest BCUT2D eigenvalue weighted by Crippen LogP contribution is 2.33. The summed E-state index contributed by atoms with van der Waals surface area (Å²) in [4.78, 5) is 15.3. The maximum absolute atomic E-state index is 13.0. The normalized spacial score (nSPS) is 16.4. The molecule has 1 N–H and O–H groups in total. The molecule has 4 nitrogen and oxygen atoms in total. The van der Waals surface area contributed by atoms with E-state index >= 15 is 0 Å². The molecule has 0 radical (unpaired) electrons. The van der Waals surface area contributed by atoms with Crippen molar-refractivity contribution in [2.75, 3.05) is 26.2 Å². The average molecular weight is 390 g/mol. The van der Waals surface area contributed by atoms with E-state index in [0.717, 1.165) is 24.2 Å². The van der Waals surface area contributed by atoms with E-state index in [9.17, 15) is 9.90 Å². The van der Waals surface area contributed by atoms with Crippen LogP contribution in [0.1, 0.15) is 35.1 Å². The van der Waals surface area contributed by atoms with Gasteiger partial charge in [-0.25, -0.2) is 4.79 Å². The minimum Gasteiger partial charge on any atom is -0.462 e. The summed E-state index contributed by atoms with van der Waals surface area (Å²) in [5.74, 6) is -0.614. The Bertz CT molecular complexity index is 759. The van der Waals surface area contributed by atoms with Gasteiger partial charge in [-0.3, -0.25) is 4.90 Å². The minimum atomic E-state index is -1.80. The van der Waals surface area contributed by atoms with Crippen LogP contribution in [0.2, 0.25) is 0 Å². The number of rotatable bonds is 6. The summed E-state index contributed by atoms with van der Waals surface area (Å²) in [6.07, 6.45) is 2.40. The van der Waals surface area contributed by atoms with Crippen molar-refractivity contribution in [2.24, 2.45) is 0 Å². The quantitative estimate of drug-likeness (QED) is 0.767. The van der Waals surface area contributed by atoms with Crippen molar-refractivity contribution < 1.29 is 14.6 Å². The number of halogens is 1. The van der Waals surface area contributed by atoms with E-state index in [0.29, 0.717) is 24.3 Å². The number of likely N-dealkylation sites (tertiary alicyclic amines) is 1. The molecule has 1 unspecified atom stereocenters. The summed E-state index contributed by atoms with van der Waals surface area (Å²) in [6, 6.07) is 14.8. The van der Waals surface area contributed by atoms with E-state index in [4.69, 9.17) is 4.74 Å². The highest BCUT2D eigenvalue weighted by atomic mass is 35.5. The van der Waals surface area contributed by atoms with Crippen molar-refractivity contribution in [1.29, 1.82) is 0 Å². The Kier molecular flexibility index (Phi) is 7.42. The van der Waals surface area contributed by atoms with Crippen LogP contribution in [0.4, 0.5) is 0 Å². The summed E-state index contributed by atoms with van der Waals surface area (Å²) in [6.45, 7) is 6.96. The van der Waals surface area contributed by atoms with Gasteiger partial charge in [-0.15, -0.1) is 12.4 Å². The molecular formula is C22H28ClNO3. The fourth-order valence-electron chi connectivity index (χ4n) is 3.57. The Morgan fingerprint density at radius 3 is 2.44 bits per heavy atom. The fraction of sp³-hybridized carbons (Fsp3) is 0.409. The average Bonchev–Trinajstić information content (AvgIpc) is 3.17. The van der Waals surface area contributed by atoms with Crippen LogP contribution in [-0.2, 0) is 15.1 Å². The third kappa shape index (κ3) is 4.70. The fourth-order valence-corrected chi connectivity index (χ4v) is 3.57. The number of hydrogen-bond acceptors (Lipinski definition) is 4. The van der Waals surface area contributed by atoms with Crippen molar-refractivity contribution in [3.63, 3.8) is 0 Å². The maximum atomic E-state index is 13.0. The van der Waals surface area contributed by atoms with Crippen LogP contribution in [0.25, 0.3) is 0 Å². The second-order valence-electron chi connectivity index (χ2n) is 7.08. The van der Waals surface area contributed by atoms with Gasteiger partial charge in [-0.1, -0.05) is 54.1 Å². The van der Waals surface area contributed by atoms with Crippen LogP contribution >= 0.6 is 12.4 Å². The SMILES string of the molecule is Cc1ccc(C)c(C(O)(C(=O)OCCN2CCCC2)c2ccccc2)c1.Cl. The lowest BCUT2D eigenvalue weighted by molar-refractivity contribution is -0.162. The summed E-state index contributed by atoms with van der Waals surface area (Å²) >= 11 is 0. The van der Waals surface area contributed by atoms with Gasteiger partial charge in [0.2, 0.25) is 5.60 Å². The summed E-state index contributed by atoms with van der Waals surface area (Å²) in [5.41, 5.74) is 1.15. The van der Waals surface area contributed by atoms with E-state index in [1.165, 1.54) is 12.8 Å². The number of carbonyl (C=O) groups excluding carboxylic acids is 1. The number of hydrogen-bond donors (Lipinski definition) is 1. The van der Waals surface area contributed by atoms with E-state index in [-0.39, 0.29) is 12.4 Å². The highest BCUT2D eigenvalue weighted by molar-refractivity contribution is 5.86. The number of benzene rings is 2. The molecule has 5 heteroatoms. The molecule has 1 saturated heterocycles. The summed E-state index contributed by atoms with van der Waals surface area (Å²) in [7, 11) is 0. The molecule has 0 saturated carbocycles. The Labute approximate surface area is 167 Å². The first-order valence-electron chi connectivity index (χ1n) is 9.27. The first kappa shape index (κ1) is 21.4. The predicted molar refractivity (Wildman–Crippen MR) is 109 cm³/mol. The zero-order chi connectivity index (χ0) is 18.6. The molecule has 1 aliphatic rings. The van der Waals surface area contributed by atoms with Crippen molar-refractivity contribution >= 4 is 18.4 Å². The van der Waals surface area contributed by atoms with Gasteiger partial charge in [0.05, 0.1) is 0 Å². The molecule has 3 rings (SSSR count). The van der Waals surface area contributed by atoms with Crippen LogP contribution in [0.3, 0.4) is 0 Å². The van der Waals surface area contributed by atoms with Gasteiger partial charge < -0.3 is 9.84 Å². The van der Waals surface area contributed by atoms with Crippen LogP contribution in [-0.4, -0.2) is 42.2 Å². The number of esters is 1. The van der Waals surface area contributed by atoms with Crippen molar-refractivity contribution in [1.82, 2.24) is 4.90 Å². The Balaban J connectivity index is 0.00000261. The third-order valence-corrected chi connectivity index (χ3v) is 5.11. The Morgan fingerprint density at radius 2 is 1.78 bits per heavy atom. The van der Waals surface area contributed by atoms with Crippen LogP contribution in [0.5, 0.6) is 0 Å². The molecule has 0 spiro atoms. The second-order valence-corrected chi connectivity index (χ2v) is 7.08. The van der Waals surface area contributed by atoms with Gasteiger partial charge in [0.15, 0.2) is 0 Å². The molecular weight excluding hydrogens is 362 g/mol.